The normalized spacial score (nSPS) is 10.6. The summed E-state index contributed by atoms with van der Waals surface area (Å²) in [7, 11) is 2.93. The zero-order chi connectivity index (χ0) is 19.9. The smallest absolute Gasteiger partial charge is 0.189 e. The van der Waals surface area contributed by atoms with Crippen molar-refractivity contribution in [1.29, 1.82) is 0 Å². The van der Waals surface area contributed by atoms with Crippen LogP contribution in [-0.2, 0) is 0 Å². The summed E-state index contributed by atoms with van der Waals surface area (Å²) in [4.78, 5) is 12.4. The van der Waals surface area contributed by atoms with Crippen molar-refractivity contribution in [3.8, 4) is 28.7 Å². The highest BCUT2D eigenvalue weighted by Crippen LogP contribution is 2.34. The van der Waals surface area contributed by atoms with Gasteiger partial charge in [-0.2, -0.15) is 0 Å². The van der Waals surface area contributed by atoms with E-state index in [0.717, 1.165) is 11.3 Å². The fraction of sp³-hybridized carbons (Fsp3) is 0.0870. The lowest BCUT2D eigenvalue weighted by Gasteiger charge is -2.10. The Kier molecular flexibility index (Phi) is 5.97. The minimum absolute atomic E-state index is 0.137. The van der Waals surface area contributed by atoms with E-state index >= 15 is 0 Å². The van der Waals surface area contributed by atoms with Crippen molar-refractivity contribution in [2.45, 2.75) is 0 Å². The van der Waals surface area contributed by atoms with Crippen LogP contribution < -0.4 is 14.2 Å². The summed E-state index contributed by atoms with van der Waals surface area (Å²) in [6.07, 6.45) is 3.07. The number of benzene rings is 3. The number of hydrogen-bond acceptors (Lipinski definition) is 5. The highest BCUT2D eigenvalue weighted by molar-refractivity contribution is 6.09. The molecule has 0 spiro atoms. The van der Waals surface area contributed by atoms with Crippen molar-refractivity contribution < 1.29 is 24.1 Å². The Morgan fingerprint density at radius 3 is 2.11 bits per heavy atom. The predicted molar refractivity (Wildman–Crippen MR) is 108 cm³/mol. The van der Waals surface area contributed by atoms with E-state index < -0.39 is 0 Å². The summed E-state index contributed by atoms with van der Waals surface area (Å²) < 4.78 is 16.0. The average Bonchev–Trinajstić information content (AvgIpc) is 2.73. The standard InChI is InChI=1S/C23H20O5/c1-26-22-14-19(21(25)15-23(22)27-2)20(24)13-10-16-8-11-18(12-9-16)28-17-6-4-3-5-7-17/h3-15,25H,1-2H3/b13-10+. The Labute approximate surface area is 163 Å². The summed E-state index contributed by atoms with van der Waals surface area (Å²) in [5, 5.41) is 10.1. The summed E-state index contributed by atoms with van der Waals surface area (Å²) in [6, 6.07) is 19.6. The Morgan fingerprint density at radius 2 is 1.46 bits per heavy atom. The van der Waals surface area contributed by atoms with Crippen molar-refractivity contribution in [3.63, 3.8) is 0 Å². The van der Waals surface area contributed by atoms with Gasteiger partial charge in [0, 0.05) is 6.07 Å². The second-order valence-corrected chi connectivity index (χ2v) is 5.91. The van der Waals surface area contributed by atoms with Gasteiger partial charge in [0.1, 0.15) is 17.2 Å². The molecule has 3 rings (SSSR count). The first-order valence-corrected chi connectivity index (χ1v) is 8.61. The molecule has 3 aromatic carbocycles. The lowest BCUT2D eigenvalue weighted by atomic mass is 10.1. The van der Waals surface area contributed by atoms with Gasteiger partial charge in [0.25, 0.3) is 0 Å². The third kappa shape index (κ3) is 4.51. The van der Waals surface area contributed by atoms with Crippen molar-refractivity contribution in [2.75, 3.05) is 14.2 Å². The van der Waals surface area contributed by atoms with Gasteiger partial charge in [-0.05, 0) is 42.0 Å². The highest BCUT2D eigenvalue weighted by atomic mass is 16.5. The summed E-state index contributed by atoms with van der Waals surface area (Å²) in [6.45, 7) is 0. The number of carbonyl (C=O) groups excluding carboxylic acids is 1. The molecule has 0 unspecified atom stereocenters. The Balaban J connectivity index is 1.72. The number of ether oxygens (including phenoxy) is 3. The van der Waals surface area contributed by atoms with Gasteiger partial charge >= 0.3 is 0 Å². The number of carbonyl (C=O) groups is 1. The van der Waals surface area contributed by atoms with E-state index in [1.807, 2.05) is 54.6 Å². The molecule has 0 aliphatic rings. The molecule has 0 amide bonds. The Bertz CT molecular complexity index is 976. The lowest BCUT2D eigenvalue weighted by Crippen LogP contribution is -1.98. The molecular weight excluding hydrogens is 356 g/mol. The molecule has 0 saturated heterocycles. The number of allylic oxidation sites excluding steroid dienone is 1. The first-order valence-electron chi connectivity index (χ1n) is 8.61. The maximum absolute atomic E-state index is 12.4. The molecule has 0 radical (unpaired) electrons. The second kappa shape index (κ2) is 8.77. The Hall–Kier alpha value is -3.73. The molecule has 142 valence electrons. The predicted octanol–water partition coefficient (Wildman–Crippen LogP) is 5.10. The summed E-state index contributed by atoms with van der Waals surface area (Å²) >= 11 is 0. The first kappa shape index (κ1) is 19.0. The molecule has 0 atom stereocenters. The van der Waals surface area contributed by atoms with Crippen molar-refractivity contribution in [3.05, 3.63) is 83.9 Å². The first-order chi connectivity index (χ1) is 13.6. The summed E-state index contributed by atoms with van der Waals surface area (Å²) in [5.74, 6) is 1.67. The van der Waals surface area contributed by atoms with E-state index in [1.54, 1.807) is 6.08 Å². The molecular formula is C23H20O5. The van der Waals surface area contributed by atoms with Crippen molar-refractivity contribution in [2.24, 2.45) is 0 Å². The monoisotopic (exact) mass is 376 g/mol. The van der Waals surface area contributed by atoms with Gasteiger partial charge in [0.05, 0.1) is 19.8 Å². The molecule has 0 aliphatic heterocycles. The minimum atomic E-state index is -0.344. The molecule has 28 heavy (non-hydrogen) atoms. The van der Waals surface area contributed by atoms with E-state index in [0.29, 0.717) is 17.2 Å². The fourth-order valence-electron chi connectivity index (χ4n) is 2.60. The van der Waals surface area contributed by atoms with Gasteiger partial charge < -0.3 is 19.3 Å². The zero-order valence-corrected chi connectivity index (χ0v) is 15.6. The van der Waals surface area contributed by atoms with E-state index in [4.69, 9.17) is 14.2 Å². The van der Waals surface area contributed by atoms with E-state index in [2.05, 4.69) is 0 Å². The third-order valence-corrected chi connectivity index (χ3v) is 4.05. The van der Waals surface area contributed by atoms with Gasteiger partial charge in [-0.3, -0.25) is 4.79 Å². The zero-order valence-electron chi connectivity index (χ0n) is 15.6. The number of rotatable bonds is 7. The number of methoxy groups -OCH3 is 2. The molecule has 5 nitrogen and oxygen atoms in total. The minimum Gasteiger partial charge on any atom is -0.507 e. The SMILES string of the molecule is COc1cc(O)c(C(=O)/C=C/c2ccc(Oc3ccccc3)cc2)cc1OC. The quantitative estimate of drug-likeness (QED) is 0.459. The maximum atomic E-state index is 12.4. The molecule has 3 aromatic rings. The van der Waals surface area contributed by atoms with Crippen LogP contribution in [-0.4, -0.2) is 25.1 Å². The topological polar surface area (TPSA) is 65.0 Å². The van der Waals surface area contributed by atoms with Crippen molar-refractivity contribution in [1.82, 2.24) is 0 Å². The third-order valence-electron chi connectivity index (χ3n) is 4.05. The molecule has 0 fully saturated rings. The van der Waals surface area contributed by atoms with Gasteiger partial charge in [-0.15, -0.1) is 0 Å². The largest absolute Gasteiger partial charge is 0.507 e. The number of ketones is 1. The molecule has 0 aliphatic carbocycles. The fourth-order valence-corrected chi connectivity index (χ4v) is 2.60. The number of phenolic OH excluding ortho intramolecular Hbond substituents is 1. The Morgan fingerprint density at radius 1 is 0.857 bits per heavy atom. The van der Waals surface area contributed by atoms with E-state index in [9.17, 15) is 9.90 Å². The second-order valence-electron chi connectivity index (χ2n) is 5.91. The van der Waals surface area contributed by atoms with Crippen LogP contribution in [0.4, 0.5) is 0 Å². The van der Waals surface area contributed by atoms with E-state index in [-0.39, 0.29) is 17.1 Å². The molecule has 1 N–H and O–H groups in total. The van der Waals surface area contributed by atoms with Gasteiger partial charge in [-0.1, -0.05) is 36.4 Å². The summed E-state index contributed by atoms with van der Waals surface area (Å²) in [5.41, 5.74) is 0.964. The van der Waals surface area contributed by atoms with Crippen LogP contribution in [0.5, 0.6) is 28.7 Å². The van der Waals surface area contributed by atoms with Crippen molar-refractivity contribution >= 4 is 11.9 Å². The van der Waals surface area contributed by atoms with Gasteiger partial charge in [0.15, 0.2) is 17.3 Å². The van der Waals surface area contributed by atoms with Gasteiger partial charge in [-0.25, -0.2) is 0 Å². The maximum Gasteiger partial charge on any atom is 0.189 e. The van der Waals surface area contributed by atoms with Crippen LogP contribution in [0.25, 0.3) is 6.08 Å². The number of hydrogen-bond donors (Lipinski definition) is 1. The van der Waals surface area contributed by atoms with Gasteiger partial charge in [0.2, 0.25) is 0 Å². The number of para-hydroxylation sites is 1. The molecule has 0 saturated carbocycles. The van der Waals surface area contributed by atoms with Crippen LogP contribution >= 0.6 is 0 Å². The van der Waals surface area contributed by atoms with Crippen LogP contribution in [0.2, 0.25) is 0 Å². The average molecular weight is 376 g/mol. The van der Waals surface area contributed by atoms with Crippen LogP contribution in [0.3, 0.4) is 0 Å². The van der Waals surface area contributed by atoms with E-state index in [1.165, 1.54) is 32.4 Å². The van der Waals surface area contributed by atoms with Crippen LogP contribution in [0.15, 0.2) is 72.8 Å². The van der Waals surface area contributed by atoms with Crippen LogP contribution in [0, 0.1) is 0 Å². The van der Waals surface area contributed by atoms with Crippen LogP contribution in [0.1, 0.15) is 15.9 Å². The molecule has 0 bridgehead atoms. The molecule has 5 heteroatoms. The number of phenols is 1. The lowest BCUT2D eigenvalue weighted by molar-refractivity contribution is 0.104. The highest BCUT2D eigenvalue weighted by Gasteiger charge is 2.14. The number of aromatic hydroxyl groups is 1. The molecule has 0 heterocycles. The molecule has 0 aromatic heterocycles.